The maximum Gasteiger partial charge on any atom is 0.236 e. The minimum atomic E-state index is 0.232. The van der Waals surface area contributed by atoms with Gasteiger partial charge in [-0.15, -0.1) is 0 Å². The first-order valence-corrected chi connectivity index (χ1v) is 10.2. The molecular weight excluding hydrogens is 352 g/mol. The summed E-state index contributed by atoms with van der Waals surface area (Å²) in [4.78, 5) is 23.6. The predicted molar refractivity (Wildman–Crippen MR) is 108 cm³/mol. The largest absolute Gasteiger partial charge is 0.342 e. The van der Waals surface area contributed by atoms with Gasteiger partial charge in [0.1, 0.15) is 0 Å². The number of likely N-dealkylation sites (N-methyl/N-ethyl adjacent to an activating group) is 1. The molecule has 28 heavy (non-hydrogen) atoms. The fourth-order valence-electron chi connectivity index (χ4n) is 4.20. The molecule has 0 unspecified atom stereocenters. The molecule has 0 bridgehead atoms. The summed E-state index contributed by atoms with van der Waals surface area (Å²) in [6, 6.07) is 4.39. The van der Waals surface area contributed by atoms with Gasteiger partial charge < -0.3 is 9.80 Å². The SMILES string of the molecule is Cc1cc(-n2cc3c(n2)CCN(CC(=O)N(C)C2CCN(C)CC2)C3)ccn1. The van der Waals surface area contributed by atoms with Crippen LogP contribution in [0.4, 0.5) is 0 Å². The summed E-state index contributed by atoms with van der Waals surface area (Å²) in [6.45, 7) is 6.29. The van der Waals surface area contributed by atoms with Crippen molar-refractivity contribution in [3.05, 3.63) is 41.5 Å². The minimum Gasteiger partial charge on any atom is -0.342 e. The van der Waals surface area contributed by atoms with Crippen molar-refractivity contribution in [2.45, 2.75) is 38.8 Å². The van der Waals surface area contributed by atoms with Gasteiger partial charge in [0.15, 0.2) is 0 Å². The Hall–Kier alpha value is -2.25. The highest BCUT2D eigenvalue weighted by atomic mass is 16.2. The Morgan fingerprint density at radius 2 is 2.07 bits per heavy atom. The highest BCUT2D eigenvalue weighted by molar-refractivity contribution is 5.78. The topological polar surface area (TPSA) is 57.5 Å². The summed E-state index contributed by atoms with van der Waals surface area (Å²) in [6.07, 6.45) is 6.94. The van der Waals surface area contributed by atoms with Crippen LogP contribution in [0.3, 0.4) is 0 Å². The van der Waals surface area contributed by atoms with Crippen LogP contribution in [0, 0.1) is 6.92 Å². The molecule has 0 saturated carbocycles. The van der Waals surface area contributed by atoms with Crippen molar-refractivity contribution in [3.63, 3.8) is 0 Å². The van der Waals surface area contributed by atoms with Gasteiger partial charge in [-0.25, -0.2) is 4.68 Å². The molecule has 2 aromatic heterocycles. The van der Waals surface area contributed by atoms with Crippen LogP contribution in [0.25, 0.3) is 5.69 Å². The number of pyridine rings is 1. The maximum atomic E-state index is 12.8. The molecular formula is C21H30N6O. The zero-order chi connectivity index (χ0) is 19.7. The van der Waals surface area contributed by atoms with E-state index in [2.05, 4.69) is 28.0 Å². The number of nitrogens with zero attached hydrogens (tertiary/aromatic N) is 6. The molecule has 0 atom stereocenters. The molecule has 1 amide bonds. The second kappa shape index (κ2) is 8.01. The van der Waals surface area contributed by atoms with Crippen molar-refractivity contribution in [1.29, 1.82) is 0 Å². The molecule has 0 aromatic carbocycles. The molecule has 0 spiro atoms. The van der Waals surface area contributed by atoms with Crippen LogP contribution in [0.2, 0.25) is 0 Å². The normalized spacial score (nSPS) is 18.8. The fourth-order valence-corrected chi connectivity index (χ4v) is 4.20. The second-order valence-electron chi connectivity index (χ2n) is 8.20. The van der Waals surface area contributed by atoms with Crippen LogP contribution in [-0.4, -0.2) is 81.7 Å². The molecule has 1 fully saturated rings. The molecule has 0 N–H and O–H groups in total. The zero-order valence-corrected chi connectivity index (χ0v) is 17.1. The predicted octanol–water partition coefficient (Wildman–Crippen LogP) is 1.49. The number of aryl methyl sites for hydroxylation is 1. The van der Waals surface area contributed by atoms with E-state index in [1.807, 2.05) is 41.9 Å². The van der Waals surface area contributed by atoms with Crippen LogP contribution in [0.5, 0.6) is 0 Å². The summed E-state index contributed by atoms with van der Waals surface area (Å²) < 4.78 is 1.94. The Kier molecular flexibility index (Phi) is 5.46. The van der Waals surface area contributed by atoms with Gasteiger partial charge in [0, 0.05) is 56.3 Å². The Morgan fingerprint density at radius 1 is 1.29 bits per heavy atom. The van der Waals surface area contributed by atoms with E-state index in [1.54, 1.807) is 0 Å². The number of hydrogen-bond acceptors (Lipinski definition) is 5. The number of hydrogen-bond donors (Lipinski definition) is 0. The van der Waals surface area contributed by atoms with Gasteiger partial charge in [0.05, 0.1) is 17.9 Å². The third kappa shape index (κ3) is 4.10. The lowest BCUT2D eigenvalue weighted by atomic mass is 10.0. The van der Waals surface area contributed by atoms with E-state index in [4.69, 9.17) is 5.10 Å². The summed E-state index contributed by atoms with van der Waals surface area (Å²) in [5, 5.41) is 4.75. The molecule has 4 rings (SSSR count). The maximum absolute atomic E-state index is 12.8. The Labute approximate surface area is 166 Å². The van der Waals surface area contributed by atoms with Gasteiger partial charge in [-0.05, 0) is 52.0 Å². The molecule has 7 heteroatoms. The lowest BCUT2D eigenvalue weighted by molar-refractivity contribution is -0.134. The highest BCUT2D eigenvalue weighted by Gasteiger charge is 2.27. The third-order valence-electron chi connectivity index (χ3n) is 6.07. The summed E-state index contributed by atoms with van der Waals surface area (Å²) in [5.74, 6) is 0.232. The average molecular weight is 383 g/mol. The average Bonchev–Trinajstić information content (AvgIpc) is 3.11. The fraction of sp³-hybridized carbons (Fsp3) is 0.571. The van der Waals surface area contributed by atoms with Crippen molar-refractivity contribution >= 4 is 5.91 Å². The van der Waals surface area contributed by atoms with Crippen LogP contribution in [0.1, 0.15) is 29.8 Å². The van der Waals surface area contributed by atoms with Crippen LogP contribution in [0.15, 0.2) is 24.5 Å². The molecule has 1 saturated heterocycles. The molecule has 2 aliphatic heterocycles. The lowest BCUT2D eigenvalue weighted by Crippen LogP contribution is -2.48. The van der Waals surface area contributed by atoms with E-state index in [1.165, 1.54) is 5.56 Å². The number of likely N-dealkylation sites (tertiary alicyclic amines) is 1. The lowest BCUT2D eigenvalue weighted by Gasteiger charge is -2.36. The van der Waals surface area contributed by atoms with E-state index in [0.717, 1.165) is 62.5 Å². The standard InChI is InChI=1S/C21H30N6O/c1-16-12-19(4-8-22-16)27-14-17-13-26(11-7-20(17)23-27)15-21(28)25(3)18-5-9-24(2)10-6-18/h4,8,12,14,18H,5-7,9-11,13,15H2,1-3H3. The molecule has 0 aliphatic carbocycles. The van der Waals surface area contributed by atoms with E-state index < -0.39 is 0 Å². The van der Waals surface area contributed by atoms with Gasteiger partial charge in [0.25, 0.3) is 0 Å². The van der Waals surface area contributed by atoms with E-state index in [9.17, 15) is 4.79 Å². The van der Waals surface area contributed by atoms with Gasteiger partial charge >= 0.3 is 0 Å². The summed E-state index contributed by atoms with van der Waals surface area (Å²) in [5.41, 5.74) is 4.37. The van der Waals surface area contributed by atoms with E-state index in [0.29, 0.717) is 12.6 Å². The van der Waals surface area contributed by atoms with Crippen LogP contribution < -0.4 is 0 Å². The number of rotatable bonds is 4. The second-order valence-corrected chi connectivity index (χ2v) is 8.20. The Morgan fingerprint density at radius 3 is 2.82 bits per heavy atom. The first-order chi connectivity index (χ1) is 13.5. The number of piperidine rings is 1. The zero-order valence-electron chi connectivity index (χ0n) is 17.1. The van der Waals surface area contributed by atoms with Crippen molar-refractivity contribution in [1.82, 2.24) is 29.5 Å². The highest BCUT2D eigenvalue weighted by Crippen LogP contribution is 2.21. The van der Waals surface area contributed by atoms with Gasteiger partial charge in [-0.3, -0.25) is 14.7 Å². The van der Waals surface area contributed by atoms with Gasteiger partial charge in [0.2, 0.25) is 5.91 Å². The monoisotopic (exact) mass is 382 g/mol. The molecule has 2 aromatic rings. The number of carbonyl (C=O) groups excluding carboxylic acids is 1. The smallest absolute Gasteiger partial charge is 0.236 e. The first kappa shape index (κ1) is 19.1. The number of fused-ring (bicyclic) bond motifs is 1. The number of amides is 1. The quantitative estimate of drug-likeness (QED) is 0.802. The van der Waals surface area contributed by atoms with Crippen molar-refractivity contribution in [2.75, 3.05) is 40.3 Å². The molecule has 2 aliphatic rings. The van der Waals surface area contributed by atoms with Crippen LogP contribution in [-0.2, 0) is 17.8 Å². The third-order valence-corrected chi connectivity index (χ3v) is 6.07. The Balaban J connectivity index is 1.38. The summed E-state index contributed by atoms with van der Waals surface area (Å²) >= 11 is 0. The Bertz CT molecular complexity index is 839. The van der Waals surface area contributed by atoms with Gasteiger partial charge in [-0.2, -0.15) is 5.10 Å². The minimum absolute atomic E-state index is 0.232. The van der Waals surface area contributed by atoms with Crippen molar-refractivity contribution in [3.8, 4) is 5.69 Å². The van der Waals surface area contributed by atoms with E-state index in [-0.39, 0.29) is 5.91 Å². The number of carbonyl (C=O) groups is 1. The van der Waals surface area contributed by atoms with E-state index >= 15 is 0 Å². The molecule has 150 valence electrons. The molecule has 0 radical (unpaired) electrons. The number of aromatic nitrogens is 3. The van der Waals surface area contributed by atoms with Crippen molar-refractivity contribution < 1.29 is 4.79 Å². The first-order valence-electron chi connectivity index (χ1n) is 10.2. The molecule has 4 heterocycles. The van der Waals surface area contributed by atoms with Crippen molar-refractivity contribution in [2.24, 2.45) is 0 Å². The molecule has 7 nitrogen and oxygen atoms in total. The van der Waals surface area contributed by atoms with Gasteiger partial charge in [-0.1, -0.05) is 0 Å². The summed E-state index contributed by atoms with van der Waals surface area (Å²) in [7, 11) is 4.12. The van der Waals surface area contributed by atoms with Crippen LogP contribution >= 0.6 is 0 Å².